The van der Waals surface area contributed by atoms with E-state index in [9.17, 15) is 9.59 Å². The minimum absolute atomic E-state index is 0.0245. The van der Waals surface area contributed by atoms with E-state index in [0.717, 1.165) is 18.7 Å². The van der Waals surface area contributed by atoms with Crippen LogP contribution in [0.25, 0.3) is 0 Å². The topological polar surface area (TPSA) is 37.4 Å². The molecule has 3 heteroatoms. The molecule has 2 aromatic rings. The van der Waals surface area contributed by atoms with Crippen LogP contribution in [0.15, 0.2) is 54.6 Å². The summed E-state index contributed by atoms with van der Waals surface area (Å²) in [6.07, 6.45) is 1.43. The highest BCUT2D eigenvalue weighted by Gasteiger charge is 2.24. The molecule has 0 fully saturated rings. The number of nitrogens with zero attached hydrogens (tertiary/aromatic N) is 1. The molecule has 21 heavy (non-hydrogen) atoms. The fourth-order valence-corrected chi connectivity index (χ4v) is 2.72. The number of rotatable bonds is 4. The number of fused-ring (bicyclic) bond motifs is 1. The van der Waals surface area contributed by atoms with Crippen LogP contribution >= 0.6 is 0 Å². The molecule has 0 N–H and O–H groups in total. The zero-order chi connectivity index (χ0) is 14.7. The summed E-state index contributed by atoms with van der Waals surface area (Å²) in [5.74, 6) is 0.0562. The van der Waals surface area contributed by atoms with Gasteiger partial charge in [0.25, 0.3) is 0 Å². The van der Waals surface area contributed by atoms with E-state index in [4.69, 9.17) is 0 Å². The van der Waals surface area contributed by atoms with E-state index < -0.39 is 0 Å². The van der Waals surface area contributed by atoms with E-state index in [0.29, 0.717) is 5.56 Å². The van der Waals surface area contributed by atoms with E-state index in [2.05, 4.69) is 6.07 Å². The third-order valence-corrected chi connectivity index (χ3v) is 3.85. The van der Waals surface area contributed by atoms with Crippen molar-refractivity contribution >= 4 is 17.4 Å². The second kappa shape index (κ2) is 5.92. The highest BCUT2D eigenvalue weighted by Crippen LogP contribution is 2.28. The van der Waals surface area contributed by atoms with Crippen molar-refractivity contribution in [3.05, 3.63) is 65.7 Å². The van der Waals surface area contributed by atoms with Gasteiger partial charge in [0.15, 0.2) is 5.78 Å². The molecule has 0 spiro atoms. The molecule has 0 aliphatic carbocycles. The first-order chi connectivity index (χ1) is 10.3. The molecular formula is C18H17NO2. The molecule has 1 aliphatic heterocycles. The van der Waals surface area contributed by atoms with E-state index in [1.54, 1.807) is 17.0 Å². The largest absolute Gasteiger partial charge is 0.312 e. The van der Waals surface area contributed by atoms with Crippen molar-refractivity contribution < 1.29 is 9.59 Å². The van der Waals surface area contributed by atoms with Crippen molar-refractivity contribution in [2.24, 2.45) is 0 Å². The van der Waals surface area contributed by atoms with Crippen LogP contribution in [0.3, 0.4) is 0 Å². The molecule has 106 valence electrons. The minimum atomic E-state index is 0.0245. The second-order valence-corrected chi connectivity index (χ2v) is 5.21. The van der Waals surface area contributed by atoms with Gasteiger partial charge in [-0.1, -0.05) is 48.5 Å². The zero-order valence-electron chi connectivity index (χ0n) is 11.8. The Kier molecular flexibility index (Phi) is 3.82. The number of ketones is 1. The Balaban J connectivity index is 1.62. The summed E-state index contributed by atoms with van der Waals surface area (Å²) in [5.41, 5.74) is 2.88. The molecule has 0 saturated carbocycles. The van der Waals surface area contributed by atoms with E-state index in [-0.39, 0.29) is 24.5 Å². The number of Topliss-reactive ketones (excluding diaryl/α,β-unsaturated/α-hetero) is 1. The van der Waals surface area contributed by atoms with E-state index in [1.165, 1.54) is 5.56 Å². The highest BCUT2D eigenvalue weighted by atomic mass is 16.2. The maximum absolute atomic E-state index is 12.3. The number of hydrogen-bond donors (Lipinski definition) is 0. The number of para-hydroxylation sites is 1. The number of carbonyl (C=O) groups is 2. The quantitative estimate of drug-likeness (QED) is 0.806. The Bertz CT molecular complexity index is 664. The summed E-state index contributed by atoms with van der Waals surface area (Å²) >= 11 is 0. The number of benzene rings is 2. The van der Waals surface area contributed by atoms with Crippen LogP contribution < -0.4 is 4.90 Å². The number of hydrogen-bond acceptors (Lipinski definition) is 2. The van der Waals surface area contributed by atoms with Crippen molar-refractivity contribution in [1.29, 1.82) is 0 Å². The lowest BCUT2D eigenvalue weighted by atomic mass is 10.1. The van der Waals surface area contributed by atoms with Gasteiger partial charge in [0.05, 0.1) is 0 Å². The molecule has 0 bridgehead atoms. The summed E-state index contributed by atoms with van der Waals surface area (Å²) in [5, 5.41) is 0. The van der Waals surface area contributed by atoms with Crippen molar-refractivity contribution in [3.8, 4) is 0 Å². The van der Waals surface area contributed by atoms with Gasteiger partial charge in [-0.05, 0) is 18.1 Å². The lowest BCUT2D eigenvalue weighted by molar-refractivity contribution is -0.118. The van der Waals surface area contributed by atoms with Crippen LogP contribution in [0.2, 0.25) is 0 Å². The van der Waals surface area contributed by atoms with Crippen LogP contribution in [-0.2, 0) is 11.2 Å². The molecule has 0 unspecified atom stereocenters. The Labute approximate surface area is 124 Å². The van der Waals surface area contributed by atoms with Gasteiger partial charge < -0.3 is 4.90 Å². The minimum Gasteiger partial charge on any atom is -0.312 e. The normalized spacial score (nSPS) is 13.0. The molecule has 0 saturated heterocycles. The van der Waals surface area contributed by atoms with Crippen LogP contribution in [-0.4, -0.2) is 18.2 Å². The predicted octanol–water partition coefficient (Wildman–Crippen LogP) is 3.24. The summed E-state index contributed by atoms with van der Waals surface area (Å²) in [7, 11) is 0. The third-order valence-electron chi connectivity index (χ3n) is 3.85. The SMILES string of the molecule is O=C(CCC(=O)N1CCc2ccccc21)c1ccccc1. The molecule has 0 atom stereocenters. The zero-order valence-corrected chi connectivity index (χ0v) is 11.8. The number of amides is 1. The molecule has 2 aromatic carbocycles. The van der Waals surface area contributed by atoms with Crippen molar-refractivity contribution in [3.63, 3.8) is 0 Å². The fraction of sp³-hybridized carbons (Fsp3) is 0.222. The first kappa shape index (κ1) is 13.6. The molecule has 1 heterocycles. The Morgan fingerprint density at radius 3 is 2.43 bits per heavy atom. The van der Waals surface area contributed by atoms with Gasteiger partial charge in [-0.25, -0.2) is 0 Å². The Hall–Kier alpha value is -2.42. The third kappa shape index (κ3) is 2.87. The van der Waals surface area contributed by atoms with Gasteiger partial charge in [0.2, 0.25) is 5.91 Å². The highest BCUT2D eigenvalue weighted by molar-refractivity contribution is 6.01. The van der Waals surface area contributed by atoms with Gasteiger partial charge >= 0.3 is 0 Å². The van der Waals surface area contributed by atoms with Crippen LogP contribution in [0.5, 0.6) is 0 Å². The summed E-state index contributed by atoms with van der Waals surface area (Å²) in [4.78, 5) is 26.2. The summed E-state index contributed by atoms with van der Waals surface area (Å²) in [6.45, 7) is 0.720. The second-order valence-electron chi connectivity index (χ2n) is 5.21. The maximum atomic E-state index is 12.3. The van der Waals surface area contributed by atoms with Crippen molar-refractivity contribution in [2.45, 2.75) is 19.3 Å². The Morgan fingerprint density at radius 1 is 0.905 bits per heavy atom. The number of anilines is 1. The number of carbonyl (C=O) groups excluding carboxylic acids is 2. The average molecular weight is 279 g/mol. The lowest BCUT2D eigenvalue weighted by Crippen LogP contribution is -2.29. The predicted molar refractivity (Wildman–Crippen MR) is 82.5 cm³/mol. The lowest BCUT2D eigenvalue weighted by Gasteiger charge is -2.17. The van der Waals surface area contributed by atoms with Gasteiger partial charge in [0.1, 0.15) is 0 Å². The van der Waals surface area contributed by atoms with Gasteiger partial charge in [-0.15, -0.1) is 0 Å². The van der Waals surface area contributed by atoms with E-state index >= 15 is 0 Å². The van der Waals surface area contributed by atoms with Crippen LogP contribution in [0.1, 0.15) is 28.8 Å². The maximum Gasteiger partial charge on any atom is 0.227 e. The molecule has 3 rings (SSSR count). The molecule has 3 nitrogen and oxygen atoms in total. The average Bonchev–Trinajstić information content (AvgIpc) is 2.97. The fourth-order valence-electron chi connectivity index (χ4n) is 2.72. The monoisotopic (exact) mass is 279 g/mol. The molecule has 1 aliphatic rings. The molecular weight excluding hydrogens is 262 g/mol. The van der Waals surface area contributed by atoms with Crippen molar-refractivity contribution in [1.82, 2.24) is 0 Å². The molecule has 1 amide bonds. The first-order valence-electron chi connectivity index (χ1n) is 7.22. The van der Waals surface area contributed by atoms with Gasteiger partial charge in [-0.2, -0.15) is 0 Å². The standard InChI is InChI=1S/C18H17NO2/c20-17(15-7-2-1-3-8-15)10-11-18(21)19-13-12-14-6-4-5-9-16(14)19/h1-9H,10-13H2. The smallest absolute Gasteiger partial charge is 0.227 e. The van der Waals surface area contributed by atoms with Crippen LogP contribution in [0, 0.1) is 0 Å². The van der Waals surface area contributed by atoms with Crippen LogP contribution in [0.4, 0.5) is 5.69 Å². The van der Waals surface area contributed by atoms with Gasteiger partial charge in [0, 0.05) is 30.6 Å². The van der Waals surface area contributed by atoms with E-state index in [1.807, 2.05) is 36.4 Å². The molecule has 0 radical (unpaired) electrons. The first-order valence-corrected chi connectivity index (χ1v) is 7.22. The summed E-state index contributed by atoms with van der Waals surface area (Å²) in [6, 6.07) is 17.1. The Morgan fingerprint density at radius 2 is 1.62 bits per heavy atom. The summed E-state index contributed by atoms with van der Waals surface area (Å²) < 4.78 is 0. The van der Waals surface area contributed by atoms with Gasteiger partial charge in [-0.3, -0.25) is 9.59 Å². The molecule has 0 aromatic heterocycles. The van der Waals surface area contributed by atoms with Crippen molar-refractivity contribution in [2.75, 3.05) is 11.4 Å².